The number of nitrogens with one attached hydrogen (secondary N) is 1. The molecule has 0 radical (unpaired) electrons. The standard InChI is InChI=1S/C13H22N2O2S2/c1-5-12-15-11(7-18-12)8-19(17)10(4)13(16)14-6-9(2)3/h7,9-10H,5-6,8H2,1-4H3,(H,14,16). The van der Waals surface area contributed by atoms with Crippen molar-refractivity contribution in [2.24, 2.45) is 5.92 Å². The highest BCUT2D eigenvalue weighted by Crippen LogP contribution is 2.13. The lowest BCUT2D eigenvalue weighted by Gasteiger charge is -2.12. The highest BCUT2D eigenvalue weighted by Gasteiger charge is 2.20. The number of aryl methyl sites for hydroxylation is 1. The molecule has 0 spiro atoms. The van der Waals surface area contributed by atoms with Crippen molar-refractivity contribution in [2.75, 3.05) is 6.54 Å². The average Bonchev–Trinajstić information content (AvgIpc) is 2.82. The summed E-state index contributed by atoms with van der Waals surface area (Å²) in [5.74, 6) is 0.612. The Balaban J connectivity index is 2.50. The van der Waals surface area contributed by atoms with Gasteiger partial charge in [0.2, 0.25) is 5.91 Å². The van der Waals surface area contributed by atoms with Crippen molar-refractivity contribution in [1.29, 1.82) is 0 Å². The summed E-state index contributed by atoms with van der Waals surface area (Å²) in [5.41, 5.74) is 0.823. The Hall–Kier alpha value is -0.750. The van der Waals surface area contributed by atoms with Crippen molar-refractivity contribution >= 4 is 28.0 Å². The molecule has 0 fully saturated rings. The SMILES string of the molecule is CCc1nc(CS(=O)C(C)C(=O)NCC(C)C)cs1. The third-order valence-electron chi connectivity index (χ3n) is 2.64. The van der Waals surface area contributed by atoms with Crippen molar-refractivity contribution in [1.82, 2.24) is 10.3 Å². The van der Waals surface area contributed by atoms with Gasteiger partial charge in [-0.3, -0.25) is 9.00 Å². The molecule has 0 saturated heterocycles. The summed E-state index contributed by atoms with van der Waals surface area (Å²) in [5, 5.41) is 5.29. The normalized spacial score (nSPS) is 14.4. The maximum atomic E-state index is 12.1. The van der Waals surface area contributed by atoms with Gasteiger partial charge in [0.1, 0.15) is 5.25 Å². The zero-order valence-corrected chi connectivity index (χ0v) is 13.6. The number of rotatable bonds is 7. The summed E-state index contributed by atoms with van der Waals surface area (Å²) in [4.78, 5) is 16.2. The molecule has 19 heavy (non-hydrogen) atoms. The number of carbonyl (C=O) groups is 1. The highest BCUT2D eigenvalue weighted by atomic mass is 32.2. The zero-order chi connectivity index (χ0) is 14.4. The van der Waals surface area contributed by atoms with Crippen LogP contribution in [0.25, 0.3) is 0 Å². The molecule has 0 aliphatic carbocycles. The predicted octanol–water partition coefficient (Wildman–Crippen LogP) is 2.11. The molecule has 1 heterocycles. The van der Waals surface area contributed by atoms with E-state index in [2.05, 4.69) is 10.3 Å². The number of nitrogens with zero attached hydrogens (tertiary/aromatic N) is 1. The first kappa shape index (κ1) is 16.3. The number of amides is 1. The molecule has 1 amide bonds. The fourth-order valence-electron chi connectivity index (χ4n) is 1.42. The maximum Gasteiger partial charge on any atom is 0.235 e. The van der Waals surface area contributed by atoms with Crippen LogP contribution in [0.3, 0.4) is 0 Å². The molecule has 0 aliphatic heterocycles. The minimum atomic E-state index is -1.22. The van der Waals surface area contributed by atoms with Crippen LogP contribution in [-0.2, 0) is 27.8 Å². The molecule has 0 saturated carbocycles. The van der Waals surface area contributed by atoms with Gasteiger partial charge < -0.3 is 5.32 Å². The first-order valence-corrected chi connectivity index (χ1v) is 8.78. The molecule has 2 unspecified atom stereocenters. The van der Waals surface area contributed by atoms with Crippen LogP contribution >= 0.6 is 11.3 Å². The summed E-state index contributed by atoms with van der Waals surface area (Å²) in [7, 11) is -1.22. The molecule has 1 N–H and O–H groups in total. The fraction of sp³-hybridized carbons (Fsp3) is 0.692. The summed E-state index contributed by atoms with van der Waals surface area (Å²) in [6, 6.07) is 0. The monoisotopic (exact) mass is 302 g/mol. The lowest BCUT2D eigenvalue weighted by atomic mass is 10.2. The lowest BCUT2D eigenvalue weighted by molar-refractivity contribution is -0.120. The molecule has 0 aromatic carbocycles. The van der Waals surface area contributed by atoms with Crippen LogP contribution < -0.4 is 5.32 Å². The molecule has 4 nitrogen and oxygen atoms in total. The highest BCUT2D eigenvalue weighted by molar-refractivity contribution is 7.85. The average molecular weight is 302 g/mol. The van der Waals surface area contributed by atoms with Crippen LogP contribution in [0.5, 0.6) is 0 Å². The Morgan fingerprint density at radius 1 is 1.47 bits per heavy atom. The summed E-state index contributed by atoms with van der Waals surface area (Å²) < 4.78 is 12.1. The van der Waals surface area contributed by atoms with Crippen LogP contribution in [0.1, 0.15) is 38.4 Å². The van der Waals surface area contributed by atoms with Gasteiger partial charge in [-0.1, -0.05) is 20.8 Å². The van der Waals surface area contributed by atoms with E-state index in [-0.39, 0.29) is 5.91 Å². The van der Waals surface area contributed by atoms with Gasteiger partial charge in [-0.15, -0.1) is 11.3 Å². The van der Waals surface area contributed by atoms with E-state index < -0.39 is 16.0 Å². The van der Waals surface area contributed by atoms with Crippen molar-refractivity contribution < 1.29 is 9.00 Å². The second-order valence-electron chi connectivity index (χ2n) is 4.89. The van der Waals surface area contributed by atoms with E-state index in [4.69, 9.17) is 0 Å². The number of hydrogen-bond donors (Lipinski definition) is 1. The Bertz CT molecular complexity index is 444. The van der Waals surface area contributed by atoms with Gasteiger partial charge in [0.25, 0.3) is 0 Å². The van der Waals surface area contributed by atoms with Gasteiger partial charge in [0, 0.05) is 22.7 Å². The molecule has 1 aromatic rings. The topological polar surface area (TPSA) is 59.1 Å². The Morgan fingerprint density at radius 2 is 2.16 bits per heavy atom. The minimum Gasteiger partial charge on any atom is -0.355 e. The summed E-state index contributed by atoms with van der Waals surface area (Å²) in [6.45, 7) is 8.43. The molecule has 108 valence electrons. The minimum absolute atomic E-state index is 0.141. The van der Waals surface area contributed by atoms with Crippen molar-refractivity contribution in [3.63, 3.8) is 0 Å². The molecule has 1 aromatic heterocycles. The Labute approximate surface area is 121 Å². The van der Waals surface area contributed by atoms with Gasteiger partial charge in [0.05, 0.1) is 16.5 Å². The molecule has 0 aliphatic rings. The largest absolute Gasteiger partial charge is 0.355 e. The molecule has 0 bridgehead atoms. The molecule has 2 atom stereocenters. The summed E-state index contributed by atoms with van der Waals surface area (Å²) in [6.07, 6.45) is 0.891. The first-order valence-electron chi connectivity index (χ1n) is 6.52. The quantitative estimate of drug-likeness (QED) is 0.839. The number of aromatic nitrogens is 1. The van der Waals surface area contributed by atoms with Crippen LogP contribution in [0.15, 0.2) is 5.38 Å². The van der Waals surface area contributed by atoms with Gasteiger partial charge in [-0.2, -0.15) is 0 Å². The van der Waals surface area contributed by atoms with Crippen LogP contribution in [0.4, 0.5) is 0 Å². The molecule has 1 rings (SSSR count). The van der Waals surface area contributed by atoms with E-state index in [0.29, 0.717) is 18.2 Å². The smallest absolute Gasteiger partial charge is 0.235 e. The van der Waals surface area contributed by atoms with Gasteiger partial charge >= 0.3 is 0 Å². The van der Waals surface area contributed by atoms with E-state index in [1.807, 2.05) is 26.2 Å². The van der Waals surface area contributed by atoms with E-state index >= 15 is 0 Å². The van der Waals surface area contributed by atoms with E-state index in [1.54, 1.807) is 18.3 Å². The van der Waals surface area contributed by atoms with Crippen molar-refractivity contribution in [2.45, 2.75) is 45.1 Å². The molecule has 6 heteroatoms. The summed E-state index contributed by atoms with van der Waals surface area (Å²) >= 11 is 1.58. The second kappa shape index (κ2) is 7.75. The first-order chi connectivity index (χ1) is 8.93. The van der Waals surface area contributed by atoms with Gasteiger partial charge in [-0.05, 0) is 19.3 Å². The fourth-order valence-corrected chi connectivity index (χ4v) is 3.28. The van der Waals surface area contributed by atoms with Gasteiger partial charge in [0.15, 0.2) is 0 Å². The zero-order valence-electron chi connectivity index (χ0n) is 11.9. The molecular formula is C13H22N2O2S2. The van der Waals surface area contributed by atoms with Crippen molar-refractivity contribution in [3.05, 3.63) is 16.1 Å². The van der Waals surface area contributed by atoms with Crippen LogP contribution in [-0.4, -0.2) is 26.9 Å². The Morgan fingerprint density at radius 3 is 2.68 bits per heavy atom. The van der Waals surface area contributed by atoms with Gasteiger partial charge in [-0.25, -0.2) is 4.98 Å². The van der Waals surface area contributed by atoms with E-state index in [9.17, 15) is 9.00 Å². The van der Waals surface area contributed by atoms with Crippen LogP contribution in [0.2, 0.25) is 0 Å². The molecular weight excluding hydrogens is 280 g/mol. The van der Waals surface area contributed by atoms with E-state index in [1.165, 1.54) is 0 Å². The number of thiazole rings is 1. The predicted molar refractivity (Wildman–Crippen MR) is 80.6 cm³/mol. The van der Waals surface area contributed by atoms with Crippen molar-refractivity contribution in [3.8, 4) is 0 Å². The number of carbonyl (C=O) groups excluding carboxylic acids is 1. The van der Waals surface area contributed by atoms with Crippen LogP contribution in [0, 0.1) is 5.92 Å². The number of hydrogen-bond acceptors (Lipinski definition) is 4. The Kier molecular flexibility index (Phi) is 6.65. The lowest BCUT2D eigenvalue weighted by Crippen LogP contribution is -2.37. The van der Waals surface area contributed by atoms with E-state index in [0.717, 1.165) is 17.1 Å². The maximum absolute atomic E-state index is 12.1. The second-order valence-corrected chi connectivity index (χ2v) is 7.59. The third kappa shape index (κ3) is 5.40. The third-order valence-corrected chi connectivity index (χ3v) is 5.27.